The van der Waals surface area contributed by atoms with E-state index in [1.807, 2.05) is 4.90 Å². The number of carboxylic acids is 1. The number of carbonyl (C=O) groups is 1. The topological polar surface area (TPSA) is 113 Å². The van der Waals surface area contributed by atoms with Gasteiger partial charge in [0.1, 0.15) is 17.2 Å². The molecule has 0 bridgehead atoms. The average molecular weight is 441 g/mol. The van der Waals surface area contributed by atoms with Crippen LogP contribution in [0.5, 0.6) is 0 Å². The minimum absolute atomic E-state index is 0.0285. The van der Waals surface area contributed by atoms with E-state index < -0.39 is 16.0 Å². The molecule has 2 aromatic rings. The second-order valence-electron chi connectivity index (χ2n) is 6.59. The molecular weight excluding hydrogens is 420 g/mol. The lowest BCUT2D eigenvalue weighted by Crippen LogP contribution is -2.38. The Morgan fingerprint density at radius 3 is 2.48 bits per heavy atom. The third-order valence-electron chi connectivity index (χ3n) is 4.42. The van der Waals surface area contributed by atoms with Crippen molar-refractivity contribution in [2.45, 2.75) is 13.1 Å². The molecule has 3 rings (SSSR count). The Bertz CT molecular complexity index is 978. The lowest BCUT2D eigenvalue weighted by Gasteiger charge is -2.29. The van der Waals surface area contributed by atoms with E-state index in [1.54, 1.807) is 24.3 Å². The predicted octanol–water partition coefficient (Wildman–Crippen LogP) is 1.63. The molecule has 29 heavy (non-hydrogen) atoms. The van der Waals surface area contributed by atoms with Crippen LogP contribution in [0.2, 0.25) is 5.02 Å². The van der Waals surface area contributed by atoms with Gasteiger partial charge in [-0.25, -0.2) is 23.2 Å². The zero-order valence-corrected chi connectivity index (χ0v) is 17.4. The summed E-state index contributed by atoms with van der Waals surface area (Å²) in [6.45, 7) is 1.95. The molecule has 0 atom stereocenters. The molecule has 1 fully saturated rings. The normalized spacial score (nSPS) is 14.9. The van der Waals surface area contributed by atoms with Gasteiger partial charge in [-0.1, -0.05) is 23.7 Å². The molecule has 1 aromatic carbocycles. The standard InChI is InChI=1S/C18H21ClN4O5S/c1-29(26,27)23(11-13-2-4-14(19)5-3-13)12-16-20-10-15(18(24)25)17(21-16)22-6-8-28-9-7-22/h2-5,10H,6-9,11-12H2,1H3,(H,24,25). The molecule has 0 radical (unpaired) electrons. The number of morpholine rings is 1. The van der Waals surface area contributed by atoms with Gasteiger partial charge in [-0.3, -0.25) is 0 Å². The molecule has 2 heterocycles. The maximum atomic E-state index is 12.3. The summed E-state index contributed by atoms with van der Waals surface area (Å²) in [4.78, 5) is 21.8. The van der Waals surface area contributed by atoms with Crippen molar-refractivity contribution < 1.29 is 23.1 Å². The first-order chi connectivity index (χ1) is 13.7. The Kier molecular flexibility index (Phi) is 6.68. The third-order valence-corrected chi connectivity index (χ3v) is 5.87. The van der Waals surface area contributed by atoms with Crippen molar-refractivity contribution in [2.24, 2.45) is 0 Å². The van der Waals surface area contributed by atoms with Crippen LogP contribution in [0.4, 0.5) is 5.82 Å². The first-order valence-electron chi connectivity index (χ1n) is 8.85. The lowest BCUT2D eigenvalue weighted by molar-refractivity contribution is 0.0695. The van der Waals surface area contributed by atoms with Gasteiger partial charge in [0, 0.05) is 30.9 Å². The molecule has 9 nitrogen and oxygen atoms in total. The van der Waals surface area contributed by atoms with Crippen molar-refractivity contribution in [1.82, 2.24) is 14.3 Å². The summed E-state index contributed by atoms with van der Waals surface area (Å²) in [6.07, 6.45) is 2.33. The zero-order valence-electron chi connectivity index (χ0n) is 15.8. The molecule has 0 aliphatic carbocycles. The number of hydrogen-bond acceptors (Lipinski definition) is 7. The highest BCUT2D eigenvalue weighted by Gasteiger charge is 2.24. The fourth-order valence-electron chi connectivity index (χ4n) is 2.89. The Balaban J connectivity index is 1.88. The fraction of sp³-hybridized carbons (Fsp3) is 0.389. The smallest absolute Gasteiger partial charge is 0.341 e. The van der Waals surface area contributed by atoms with Gasteiger partial charge in [-0.15, -0.1) is 0 Å². The van der Waals surface area contributed by atoms with Crippen LogP contribution in [0.25, 0.3) is 0 Å². The summed E-state index contributed by atoms with van der Waals surface area (Å²) in [5, 5.41) is 10.0. The largest absolute Gasteiger partial charge is 0.477 e. The number of sulfonamides is 1. The summed E-state index contributed by atoms with van der Waals surface area (Å²) in [5.74, 6) is -0.652. The number of benzene rings is 1. The van der Waals surface area contributed by atoms with E-state index in [9.17, 15) is 18.3 Å². The quantitative estimate of drug-likeness (QED) is 0.691. The van der Waals surface area contributed by atoms with Gasteiger partial charge in [0.2, 0.25) is 10.0 Å². The molecule has 1 aliphatic heterocycles. The highest BCUT2D eigenvalue weighted by molar-refractivity contribution is 7.88. The number of nitrogens with zero attached hydrogens (tertiary/aromatic N) is 4. The zero-order chi connectivity index (χ0) is 21.0. The minimum Gasteiger partial charge on any atom is -0.477 e. The summed E-state index contributed by atoms with van der Waals surface area (Å²) in [6, 6.07) is 6.86. The Labute approximate surface area is 173 Å². The van der Waals surface area contributed by atoms with Gasteiger partial charge in [0.25, 0.3) is 0 Å². The second kappa shape index (κ2) is 9.04. The molecular formula is C18H21ClN4O5S. The maximum Gasteiger partial charge on any atom is 0.341 e. The first-order valence-corrected chi connectivity index (χ1v) is 11.1. The Morgan fingerprint density at radius 2 is 1.90 bits per heavy atom. The van der Waals surface area contributed by atoms with E-state index in [1.165, 1.54) is 10.5 Å². The predicted molar refractivity (Wildman–Crippen MR) is 108 cm³/mol. The molecule has 1 aliphatic rings. The maximum absolute atomic E-state index is 12.3. The van der Waals surface area contributed by atoms with Crippen LogP contribution in [0, 0.1) is 0 Å². The molecule has 1 aromatic heterocycles. The molecule has 0 unspecified atom stereocenters. The van der Waals surface area contributed by atoms with Crippen LogP contribution in [0.15, 0.2) is 30.5 Å². The van der Waals surface area contributed by atoms with Gasteiger partial charge in [-0.2, -0.15) is 4.31 Å². The fourth-order valence-corrected chi connectivity index (χ4v) is 3.75. The van der Waals surface area contributed by atoms with E-state index in [2.05, 4.69) is 9.97 Å². The number of ether oxygens (including phenoxy) is 1. The van der Waals surface area contributed by atoms with Crippen molar-refractivity contribution in [1.29, 1.82) is 0 Å². The lowest BCUT2D eigenvalue weighted by atomic mass is 10.2. The van der Waals surface area contributed by atoms with Crippen LogP contribution in [-0.4, -0.2) is 66.3 Å². The molecule has 0 amide bonds. The van der Waals surface area contributed by atoms with Gasteiger partial charge in [0.15, 0.2) is 0 Å². The molecule has 156 valence electrons. The second-order valence-corrected chi connectivity index (χ2v) is 9.00. The monoisotopic (exact) mass is 440 g/mol. The van der Waals surface area contributed by atoms with Gasteiger partial charge < -0.3 is 14.7 Å². The first kappa shape index (κ1) is 21.4. The Morgan fingerprint density at radius 1 is 1.24 bits per heavy atom. The van der Waals surface area contributed by atoms with Crippen LogP contribution < -0.4 is 4.90 Å². The van der Waals surface area contributed by atoms with E-state index in [-0.39, 0.29) is 30.3 Å². The van der Waals surface area contributed by atoms with Crippen LogP contribution in [-0.2, 0) is 27.8 Å². The van der Waals surface area contributed by atoms with Gasteiger partial charge >= 0.3 is 5.97 Å². The highest BCUT2D eigenvalue weighted by Crippen LogP contribution is 2.21. The van der Waals surface area contributed by atoms with Crippen molar-refractivity contribution in [3.05, 3.63) is 52.4 Å². The van der Waals surface area contributed by atoms with Crippen LogP contribution in [0.1, 0.15) is 21.7 Å². The van der Waals surface area contributed by atoms with Crippen molar-refractivity contribution in [3.63, 3.8) is 0 Å². The van der Waals surface area contributed by atoms with E-state index in [0.717, 1.165) is 11.8 Å². The van der Waals surface area contributed by atoms with E-state index in [4.69, 9.17) is 16.3 Å². The summed E-state index contributed by atoms with van der Waals surface area (Å²) >= 11 is 5.89. The number of hydrogen-bond donors (Lipinski definition) is 1. The number of halogens is 1. The molecule has 1 saturated heterocycles. The Hall–Kier alpha value is -2.27. The summed E-state index contributed by atoms with van der Waals surface area (Å²) in [5.41, 5.74) is 0.731. The molecule has 0 saturated carbocycles. The van der Waals surface area contributed by atoms with Gasteiger partial charge in [-0.05, 0) is 17.7 Å². The number of anilines is 1. The van der Waals surface area contributed by atoms with Crippen LogP contribution >= 0.6 is 11.6 Å². The minimum atomic E-state index is -3.57. The van der Waals surface area contributed by atoms with E-state index >= 15 is 0 Å². The summed E-state index contributed by atoms with van der Waals surface area (Å²) in [7, 11) is -3.57. The average Bonchev–Trinajstić information content (AvgIpc) is 2.69. The number of aromatic carboxylic acids is 1. The van der Waals surface area contributed by atoms with Gasteiger partial charge in [0.05, 0.1) is 26.0 Å². The SMILES string of the molecule is CS(=O)(=O)N(Cc1ccc(Cl)cc1)Cc1ncc(C(=O)O)c(N2CCOCC2)n1. The van der Waals surface area contributed by atoms with Crippen LogP contribution in [0.3, 0.4) is 0 Å². The van der Waals surface area contributed by atoms with E-state index in [0.29, 0.717) is 31.3 Å². The number of aromatic nitrogens is 2. The van der Waals surface area contributed by atoms with Crippen molar-refractivity contribution >= 4 is 33.4 Å². The molecule has 11 heteroatoms. The highest BCUT2D eigenvalue weighted by atomic mass is 35.5. The number of carboxylic acid groups (broad SMARTS) is 1. The molecule has 0 spiro atoms. The third kappa shape index (κ3) is 5.63. The summed E-state index contributed by atoms with van der Waals surface area (Å²) < 4.78 is 31.1. The van der Waals surface area contributed by atoms with Crippen molar-refractivity contribution in [2.75, 3.05) is 37.5 Å². The van der Waals surface area contributed by atoms with Crippen molar-refractivity contribution in [3.8, 4) is 0 Å². The molecule has 1 N–H and O–H groups in total. The number of rotatable bonds is 7.